The summed E-state index contributed by atoms with van der Waals surface area (Å²) in [6.45, 7) is 11.3. The summed E-state index contributed by atoms with van der Waals surface area (Å²) in [5.41, 5.74) is 2.59. The Kier molecular flexibility index (Phi) is 4.16. The van der Waals surface area contributed by atoms with Gasteiger partial charge in [0, 0.05) is 13.1 Å². The molecule has 0 saturated heterocycles. The van der Waals surface area contributed by atoms with E-state index in [2.05, 4.69) is 30.5 Å². The van der Waals surface area contributed by atoms with E-state index in [1.807, 2.05) is 0 Å². The molecule has 1 aliphatic heterocycles. The van der Waals surface area contributed by atoms with Gasteiger partial charge in [-0.05, 0) is 32.2 Å². The van der Waals surface area contributed by atoms with E-state index >= 15 is 0 Å². The third-order valence-electron chi connectivity index (χ3n) is 2.60. The Labute approximate surface area is 81.3 Å². The monoisotopic (exact) mass is 180 g/mol. The average molecular weight is 180 g/mol. The first-order valence-corrected chi connectivity index (χ1v) is 5.15. The van der Waals surface area contributed by atoms with E-state index in [4.69, 9.17) is 0 Å². The van der Waals surface area contributed by atoms with Gasteiger partial charge in [-0.3, -0.25) is 9.89 Å². The zero-order chi connectivity index (χ0) is 9.68. The van der Waals surface area contributed by atoms with Crippen LogP contribution in [0.25, 0.3) is 0 Å². The average Bonchev–Trinajstić information content (AvgIpc) is 2.47. The van der Waals surface area contributed by atoms with E-state index in [0.29, 0.717) is 0 Å². The van der Waals surface area contributed by atoms with E-state index in [9.17, 15) is 0 Å². The minimum Gasteiger partial charge on any atom is -0.294 e. The zero-order valence-corrected chi connectivity index (χ0v) is 8.84. The van der Waals surface area contributed by atoms with Gasteiger partial charge in [-0.25, -0.2) is 0 Å². The summed E-state index contributed by atoms with van der Waals surface area (Å²) in [6.07, 6.45) is 3.95. The lowest BCUT2D eigenvalue weighted by Gasteiger charge is -2.14. The summed E-state index contributed by atoms with van der Waals surface area (Å²) in [5, 5.41) is 0. The molecule has 13 heavy (non-hydrogen) atoms. The van der Waals surface area contributed by atoms with Gasteiger partial charge in [-0.15, -0.1) is 0 Å². The first-order valence-electron chi connectivity index (χ1n) is 5.15. The molecule has 0 N–H and O–H groups in total. The van der Waals surface area contributed by atoms with Crippen LogP contribution in [0.5, 0.6) is 0 Å². The van der Waals surface area contributed by atoms with Crippen molar-refractivity contribution in [3.05, 3.63) is 11.3 Å². The van der Waals surface area contributed by atoms with Crippen LogP contribution >= 0.6 is 0 Å². The second-order valence-corrected chi connectivity index (χ2v) is 3.80. The van der Waals surface area contributed by atoms with Crippen LogP contribution in [0.3, 0.4) is 0 Å². The summed E-state index contributed by atoms with van der Waals surface area (Å²) in [7, 11) is 0. The molecule has 0 aliphatic carbocycles. The van der Waals surface area contributed by atoms with Crippen LogP contribution in [0.4, 0.5) is 0 Å². The maximum absolute atomic E-state index is 4.03. The Bertz CT molecular complexity index is 206. The summed E-state index contributed by atoms with van der Waals surface area (Å²) in [4.78, 5) is 6.49. The van der Waals surface area contributed by atoms with Gasteiger partial charge in [0.2, 0.25) is 0 Å². The molecule has 0 aromatic carbocycles. The fourth-order valence-electron chi connectivity index (χ4n) is 1.76. The molecule has 0 fully saturated rings. The van der Waals surface area contributed by atoms with Gasteiger partial charge in [-0.1, -0.05) is 19.8 Å². The first kappa shape index (κ1) is 10.5. The Morgan fingerprint density at radius 3 is 2.69 bits per heavy atom. The number of unbranched alkanes of at least 4 members (excludes halogenated alkanes) is 2. The molecule has 0 atom stereocenters. The number of rotatable bonds is 5. The van der Waals surface area contributed by atoms with E-state index in [0.717, 1.165) is 13.1 Å². The molecule has 0 bridgehead atoms. The van der Waals surface area contributed by atoms with Gasteiger partial charge in [0.1, 0.15) is 0 Å². The van der Waals surface area contributed by atoms with Crippen molar-refractivity contribution in [2.75, 3.05) is 19.6 Å². The minimum absolute atomic E-state index is 1.01. The maximum Gasteiger partial charge on any atom is 0.0538 e. The summed E-state index contributed by atoms with van der Waals surface area (Å²) >= 11 is 0. The fraction of sp³-hybridized carbons (Fsp3) is 0.727. The second-order valence-electron chi connectivity index (χ2n) is 3.80. The van der Waals surface area contributed by atoms with Crippen molar-refractivity contribution < 1.29 is 0 Å². The minimum atomic E-state index is 1.01. The lowest BCUT2D eigenvalue weighted by molar-refractivity contribution is 0.334. The van der Waals surface area contributed by atoms with E-state index in [1.54, 1.807) is 0 Å². The number of hydrogen-bond donors (Lipinski definition) is 0. The smallest absolute Gasteiger partial charge is 0.0538 e. The van der Waals surface area contributed by atoms with Gasteiger partial charge in [0.05, 0.1) is 5.70 Å². The largest absolute Gasteiger partial charge is 0.294 e. The molecule has 74 valence electrons. The third kappa shape index (κ3) is 2.96. The topological polar surface area (TPSA) is 15.6 Å². The molecule has 1 aliphatic rings. The third-order valence-corrected chi connectivity index (χ3v) is 2.60. The van der Waals surface area contributed by atoms with Crippen molar-refractivity contribution >= 4 is 6.72 Å². The van der Waals surface area contributed by atoms with Gasteiger partial charge < -0.3 is 0 Å². The molecule has 0 unspecified atom stereocenters. The van der Waals surface area contributed by atoms with Gasteiger partial charge in [0.15, 0.2) is 0 Å². The summed E-state index contributed by atoms with van der Waals surface area (Å²) in [6, 6.07) is 0. The summed E-state index contributed by atoms with van der Waals surface area (Å²) < 4.78 is 0. The number of hydrogen-bond acceptors (Lipinski definition) is 2. The standard InChI is InChI=1S/C11H20N2/c1-4-5-6-7-13-8-10(2)11(9-13)12-3/h3-9H2,1-2H3. The maximum atomic E-state index is 4.03. The molecule has 0 radical (unpaired) electrons. The van der Waals surface area contributed by atoms with Crippen LogP contribution in [0.1, 0.15) is 33.1 Å². The molecule has 0 aromatic rings. The van der Waals surface area contributed by atoms with Crippen molar-refractivity contribution in [1.29, 1.82) is 0 Å². The summed E-state index contributed by atoms with van der Waals surface area (Å²) in [5.74, 6) is 0. The van der Waals surface area contributed by atoms with E-state index in [-0.39, 0.29) is 0 Å². The van der Waals surface area contributed by atoms with E-state index in [1.165, 1.54) is 37.1 Å². The normalized spacial score (nSPS) is 18.3. The molecule has 2 heteroatoms. The molecule has 0 spiro atoms. The molecule has 1 heterocycles. The number of aliphatic imine (C=N–C) groups is 1. The van der Waals surface area contributed by atoms with E-state index < -0.39 is 0 Å². The van der Waals surface area contributed by atoms with Crippen molar-refractivity contribution in [1.82, 2.24) is 4.90 Å². The highest BCUT2D eigenvalue weighted by atomic mass is 15.2. The van der Waals surface area contributed by atoms with Crippen molar-refractivity contribution in [3.63, 3.8) is 0 Å². The molecule has 0 amide bonds. The van der Waals surface area contributed by atoms with Crippen molar-refractivity contribution in [3.8, 4) is 0 Å². The quantitative estimate of drug-likeness (QED) is 0.469. The van der Waals surface area contributed by atoms with Crippen LogP contribution < -0.4 is 0 Å². The highest BCUT2D eigenvalue weighted by Gasteiger charge is 2.16. The molecule has 2 nitrogen and oxygen atoms in total. The van der Waals surface area contributed by atoms with Crippen LogP contribution in [-0.2, 0) is 0 Å². The fourth-order valence-corrected chi connectivity index (χ4v) is 1.76. The molecule has 0 aromatic heterocycles. The molecular weight excluding hydrogens is 160 g/mol. The first-order chi connectivity index (χ1) is 6.27. The molecule has 1 rings (SSSR count). The lowest BCUT2D eigenvalue weighted by Crippen LogP contribution is -2.22. The Balaban J connectivity index is 2.24. The van der Waals surface area contributed by atoms with Gasteiger partial charge in [0.25, 0.3) is 0 Å². The highest BCUT2D eigenvalue weighted by Crippen LogP contribution is 2.17. The number of nitrogens with zero attached hydrogens (tertiary/aromatic N) is 2. The van der Waals surface area contributed by atoms with Crippen LogP contribution in [0.15, 0.2) is 16.3 Å². The Morgan fingerprint density at radius 1 is 1.38 bits per heavy atom. The lowest BCUT2D eigenvalue weighted by atomic mass is 10.2. The molecule has 0 saturated carbocycles. The van der Waals surface area contributed by atoms with Crippen LogP contribution in [-0.4, -0.2) is 31.3 Å². The predicted molar refractivity (Wildman–Crippen MR) is 58.2 cm³/mol. The predicted octanol–water partition coefficient (Wildman–Crippen LogP) is 2.47. The van der Waals surface area contributed by atoms with Crippen molar-refractivity contribution in [2.24, 2.45) is 4.99 Å². The SMILES string of the molecule is C=NC1=C(C)CN(CCCCC)C1. The Hall–Kier alpha value is -0.630. The van der Waals surface area contributed by atoms with Gasteiger partial charge >= 0.3 is 0 Å². The van der Waals surface area contributed by atoms with Crippen LogP contribution in [0, 0.1) is 0 Å². The van der Waals surface area contributed by atoms with Crippen LogP contribution in [0.2, 0.25) is 0 Å². The van der Waals surface area contributed by atoms with Gasteiger partial charge in [-0.2, -0.15) is 0 Å². The second kappa shape index (κ2) is 5.18. The highest BCUT2D eigenvalue weighted by molar-refractivity contribution is 5.33. The molecular formula is C11H20N2. The Morgan fingerprint density at radius 2 is 2.15 bits per heavy atom. The van der Waals surface area contributed by atoms with Crippen molar-refractivity contribution in [2.45, 2.75) is 33.1 Å². The zero-order valence-electron chi connectivity index (χ0n) is 8.84.